The van der Waals surface area contributed by atoms with Crippen LogP contribution in [-0.4, -0.2) is 34.8 Å². The van der Waals surface area contributed by atoms with Crippen LogP contribution in [0.1, 0.15) is 12.8 Å². The Labute approximate surface area is 172 Å². The van der Waals surface area contributed by atoms with Crippen LogP contribution < -0.4 is 4.90 Å². The van der Waals surface area contributed by atoms with Crippen molar-refractivity contribution in [3.05, 3.63) is 53.2 Å². The molecule has 0 spiro atoms. The van der Waals surface area contributed by atoms with E-state index in [9.17, 15) is 5.11 Å². The molecule has 28 heavy (non-hydrogen) atoms. The second-order valence-electron chi connectivity index (χ2n) is 7.16. The fraction of sp³-hybridized carbons (Fsp3) is 0.273. The highest BCUT2D eigenvalue weighted by Crippen LogP contribution is 2.40. The first kappa shape index (κ1) is 17.8. The number of fused-ring (bicyclic) bond motifs is 1. The molecule has 5 rings (SSSR count). The van der Waals surface area contributed by atoms with Gasteiger partial charge in [-0.1, -0.05) is 36.4 Å². The summed E-state index contributed by atoms with van der Waals surface area (Å²) in [7, 11) is 0. The van der Waals surface area contributed by atoms with Gasteiger partial charge in [0.1, 0.15) is 10.6 Å². The second kappa shape index (κ2) is 7.62. The minimum atomic E-state index is 0.279. The summed E-state index contributed by atoms with van der Waals surface area (Å²) in [6, 6.07) is 14.6. The first-order valence-electron chi connectivity index (χ1n) is 9.58. The Morgan fingerprint density at radius 2 is 1.82 bits per heavy atom. The van der Waals surface area contributed by atoms with E-state index < -0.39 is 0 Å². The number of benzene rings is 1. The van der Waals surface area contributed by atoms with Crippen molar-refractivity contribution in [3.63, 3.8) is 0 Å². The van der Waals surface area contributed by atoms with E-state index in [1.807, 2.05) is 12.1 Å². The Balaban J connectivity index is 1.67. The van der Waals surface area contributed by atoms with Gasteiger partial charge in [0, 0.05) is 30.6 Å². The topological polar surface area (TPSA) is 49.2 Å². The zero-order valence-corrected chi connectivity index (χ0v) is 17.0. The van der Waals surface area contributed by atoms with Gasteiger partial charge in [0.05, 0.1) is 10.3 Å². The molecule has 0 bridgehead atoms. The predicted octanol–water partition coefficient (Wildman–Crippen LogP) is 5.30. The Morgan fingerprint density at radius 3 is 2.54 bits per heavy atom. The number of hydrogen-bond acceptors (Lipinski definition) is 6. The lowest BCUT2D eigenvalue weighted by molar-refractivity contribution is 0.203. The van der Waals surface area contributed by atoms with Crippen molar-refractivity contribution in [1.82, 2.24) is 9.97 Å². The average Bonchev–Trinajstić information content (AvgIpc) is 3.44. The van der Waals surface area contributed by atoms with E-state index in [1.165, 1.54) is 11.1 Å². The lowest BCUT2D eigenvalue weighted by Crippen LogP contribution is -2.35. The van der Waals surface area contributed by atoms with Crippen molar-refractivity contribution in [2.24, 2.45) is 5.92 Å². The molecule has 3 aromatic heterocycles. The molecule has 1 aromatic carbocycles. The van der Waals surface area contributed by atoms with Crippen LogP contribution in [0.2, 0.25) is 0 Å². The number of aliphatic hydroxyl groups is 1. The Morgan fingerprint density at radius 1 is 1.00 bits per heavy atom. The van der Waals surface area contributed by atoms with Crippen molar-refractivity contribution in [3.8, 4) is 21.8 Å². The standard InChI is InChI=1S/C22H21N3OS2/c26-13-15-8-10-25(11-9-15)21-19-17(16-5-2-1-3-6-16)14-28-22(19)24-20(23-21)18-7-4-12-27-18/h1-7,12,14-15,26H,8-11,13H2. The number of aliphatic hydroxyl groups excluding tert-OH is 1. The summed E-state index contributed by atoms with van der Waals surface area (Å²) >= 11 is 3.37. The molecule has 1 aliphatic heterocycles. The molecule has 1 saturated heterocycles. The van der Waals surface area contributed by atoms with Crippen LogP contribution in [0.15, 0.2) is 53.2 Å². The Kier molecular flexibility index (Phi) is 4.84. The van der Waals surface area contributed by atoms with Gasteiger partial charge in [-0.2, -0.15) is 0 Å². The molecule has 6 heteroatoms. The molecule has 0 atom stereocenters. The summed E-state index contributed by atoms with van der Waals surface area (Å²) in [5.41, 5.74) is 2.41. The normalized spacial score (nSPS) is 15.4. The van der Waals surface area contributed by atoms with E-state index in [-0.39, 0.29) is 6.61 Å². The van der Waals surface area contributed by atoms with Gasteiger partial charge in [-0.3, -0.25) is 0 Å². The molecule has 0 radical (unpaired) electrons. The van der Waals surface area contributed by atoms with Gasteiger partial charge in [-0.15, -0.1) is 22.7 Å². The number of nitrogens with zero attached hydrogens (tertiary/aromatic N) is 3. The summed E-state index contributed by atoms with van der Waals surface area (Å²) in [6.45, 7) is 2.12. The molecule has 142 valence electrons. The monoisotopic (exact) mass is 407 g/mol. The fourth-order valence-electron chi connectivity index (χ4n) is 3.83. The maximum atomic E-state index is 9.51. The minimum absolute atomic E-state index is 0.279. The zero-order valence-electron chi connectivity index (χ0n) is 15.4. The van der Waals surface area contributed by atoms with E-state index >= 15 is 0 Å². The Bertz CT molecular complexity index is 1070. The molecular weight excluding hydrogens is 386 g/mol. The largest absolute Gasteiger partial charge is 0.396 e. The van der Waals surface area contributed by atoms with Gasteiger partial charge in [0.2, 0.25) is 0 Å². The van der Waals surface area contributed by atoms with Crippen molar-refractivity contribution in [1.29, 1.82) is 0 Å². The van der Waals surface area contributed by atoms with Crippen LogP contribution in [-0.2, 0) is 0 Å². The van der Waals surface area contributed by atoms with Gasteiger partial charge in [-0.25, -0.2) is 9.97 Å². The predicted molar refractivity (Wildman–Crippen MR) is 118 cm³/mol. The number of anilines is 1. The number of aromatic nitrogens is 2. The van der Waals surface area contributed by atoms with Crippen LogP contribution >= 0.6 is 22.7 Å². The number of rotatable bonds is 4. The average molecular weight is 408 g/mol. The van der Waals surface area contributed by atoms with Crippen LogP contribution in [0.4, 0.5) is 5.82 Å². The smallest absolute Gasteiger partial charge is 0.173 e. The summed E-state index contributed by atoms with van der Waals surface area (Å²) in [5.74, 6) is 2.24. The van der Waals surface area contributed by atoms with Crippen LogP contribution in [0, 0.1) is 5.92 Å². The molecule has 0 amide bonds. The molecule has 0 saturated carbocycles. The quantitative estimate of drug-likeness (QED) is 0.499. The third-order valence-electron chi connectivity index (χ3n) is 5.41. The minimum Gasteiger partial charge on any atom is -0.396 e. The van der Waals surface area contributed by atoms with E-state index in [0.717, 1.165) is 52.7 Å². The number of hydrogen-bond donors (Lipinski definition) is 1. The zero-order chi connectivity index (χ0) is 18.9. The van der Waals surface area contributed by atoms with Crippen LogP contribution in [0.5, 0.6) is 0 Å². The summed E-state index contributed by atoms with van der Waals surface area (Å²) in [5, 5.41) is 14.9. The molecule has 4 heterocycles. The van der Waals surface area contributed by atoms with E-state index in [1.54, 1.807) is 22.7 Å². The second-order valence-corrected chi connectivity index (χ2v) is 8.96. The van der Waals surface area contributed by atoms with Crippen LogP contribution in [0.25, 0.3) is 32.0 Å². The molecular formula is C22H21N3OS2. The molecule has 0 unspecified atom stereocenters. The van der Waals surface area contributed by atoms with Gasteiger partial charge >= 0.3 is 0 Å². The first-order chi connectivity index (χ1) is 13.8. The maximum absolute atomic E-state index is 9.51. The molecule has 1 fully saturated rings. The summed E-state index contributed by atoms with van der Waals surface area (Å²) in [6.07, 6.45) is 2.00. The summed E-state index contributed by atoms with van der Waals surface area (Å²) in [4.78, 5) is 14.5. The first-order valence-corrected chi connectivity index (χ1v) is 11.3. The van der Waals surface area contributed by atoms with Gasteiger partial charge in [0.25, 0.3) is 0 Å². The molecule has 1 aliphatic rings. The van der Waals surface area contributed by atoms with Crippen LogP contribution in [0.3, 0.4) is 0 Å². The highest BCUT2D eigenvalue weighted by atomic mass is 32.1. The van der Waals surface area contributed by atoms with Gasteiger partial charge in [0.15, 0.2) is 5.82 Å². The van der Waals surface area contributed by atoms with Crippen molar-refractivity contribution in [2.75, 3.05) is 24.6 Å². The third-order valence-corrected chi connectivity index (χ3v) is 7.15. The van der Waals surface area contributed by atoms with Gasteiger partial charge in [-0.05, 0) is 35.8 Å². The lowest BCUT2D eigenvalue weighted by atomic mass is 9.97. The number of piperidine rings is 1. The third kappa shape index (κ3) is 3.21. The van der Waals surface area contributed by atoms with E-state index in [0.29, 0.717) is 5.92 Å². The fourth-order valence-corrected chi connectivity index (χ4v) is 5.43. The Hall–Kier alpha value is -2.28. The van der Waals surface area contributed by atoms with Crippen molar-refractivity contribution < 1.29 is 5.11 Å². The lowest BCUT2D eigenvalue weighted by Gasteiger charge is -2.32. The molecule has 1 N–H and O–H groups in total. The summed E-state index contributed by atoms with van der Waals surface area (Å²) < 4.78 is 0. The van der Waals surface area contributed by atoms with E-state index in [2.05, 4.69) is 46.0 Å². The maximum Gasteiger partial charge on any atom is 0.173 e. The SMILES string of the molecule is OCC1CCN(c2nc(-c3cccs3)nc3scc(-c4ccccc4)c23)CC1. The van der Waals surface area contributed by atoms with Crippen molar-refractivity contribution >= 4 is 38.7 Å². The van der Waals surface area contributed by atoms with Crippen molar-refractivity contribution in [2.45, 2.75) is 12.8 Å². The highest BCUT2D eigenvalue weighted by Gasteiger charge is 2.24. The van der Waals surface area contributed by atoms with Gasteiger partial charge < -0.3 is 10.0 Å². The molecule has 4 nitrogen and oxygen atoms in total. The molecule has 0 aliphatic carbocycles. The van der Waals surface area contributed by atoms with E-state index in [4.69, 9.17) is 9.97 Å². The molecule has 4 aromatic rings. The number of thiophene rings is 2. The highest BCUT2D eigenvalue weighted by molar-refractivity contribution is 7.17.